The van der Waals surface area contributed by atoms with E-state index in [1.165, 1.54) is 12.1 Å². The Hall–Kier alpha value is -3.42. The average Bonchev–Trinajstić information content (AvgIpc) is 2.65. The second-order valence-corrected chi connectivity index (χ2v) is 5.29. The lowest BCUT2D eigenvalue weighted by atomic mass is 9.94. The number of benzene rings is 2. The minimum absolute atomic E-state index is 0.0388. The van der Waals surface area contributed by atoms with Crippen molar-refractivity contribution in [1.29, 1.82) is 10.5 Å². The molecule has 2 aromatic rings. The van der Waals surface area contributed by atoms with Crippen LogP contribution in [0.5, 0.6) is 5.75 Å². The Morgan fingerprint density at radius 3 is 2.20 bits per heavy atom. The average molecular weight is 336 g/mol. The van der Waals surface area contributed by atoms with Crippen molar-refractivity contribution in [3.63, 3.8) is 0 Å². The van der Waals surface area contributed by atoms with E-state index in [1.807, 2.05) is 36.4 Å². The maximum absolute atomic E-state index is 10.8. The summed E-state index contributed by atoms with van der Waals surface area (Å²) in [5.41, 5.74) is 1.57. The topological polar surface area (TPSA) is 112 Å². The van der Waals surface area contributed by atoms with Gasteiger partial charge in [0.2, 0.25) is 0 Å². The SMILES string of the molecule is COc1ccc(CNC(c2ccc([N+](=O)[O-])cc2)C(C#N)C#N)cc1. The first-order valence-electron chi connectivity index (χ1n) is 7.49. The Morgan fingerprint density at radius 1 is 1.12 bits per heavy atom. The zero-order valence-electron chi connectivity index (χ0n) is 13.5. The molecule has 0 fully saturated rings. The van der Waals surface area contributed by atoms with E-state index in [0.717, 1.165) is 11.3 Å². The number of nitro groups is 1. The van der Waals surface area contributed by atoms with Gasteiger partial charge < -0.3 is 10.1 Å². The highest BCUT2D eigenvalue weighted by molar-refractivity contribution is 5.36. The van der Waals surface area contributed by atoms with E-state index in [1.54, 1.807) is 19.2 Å². The smallest absolute Gasteiger partial charge is 0.269 e. The van der Waals surface area contributed by atoms with E-state index in [2.05, 4.69) is 5.32 Å². The van der Waals surface area contributed by atoms with Crippen LogP contribution in [0.4, 0.5) is 5.69 Å². The van der Waals surface area contributed by atoms with E-state index in [9.17, 15) is 20.6 Å². The standard InChI is InChI=1S/C18H16N4O3/c1-25-17-8-2-13(3-9-17)12-21-18(15(10-19)11-20)14-4-6-16(7-5-14)22(23)24/h2-9,15,18,21H,12H2,1H3. The molecule has 0 spiro atoms. The van der Waals surface area contributed by atoms with Gasteiger partial charge in [0, 0.05) is 18.7 Å². The normalized spacial score (nSPS) is 11.4. The van der Waals surface area contributed by atoms with Crippen LogP contribution in [0.2, 0.25) is 0 Å². The number of ether oxygens (including phenoxy) is 1. The van der Waals surface area contributed by atoms with Crippen molar-refractivity contribution in [2.45, 2.75) is 12.6 Å². The van der Waals surface area contributed by atoms with Crippen molar-refractivity contribution in [2.24, 2.45) is 5.92 Å². The number of nitrogens with zero attached hydrogens (tertiary/aromatic N) is 3. The predicted molar refractivity (Wildman–Crippen MR) is 90.4 cm³/mol. The first-order chi connectivity index (χ1) is 12.1. The molecule has 2 aromatic carbocycles. The van der Waals surface area contributed by atoms with Gasteiger partial charge in [0.1, 0.15) is 5.75 Å². The fourth-order valence-electron chi connectivity index (χ4n) is 2.38. The lowest BCUT2D eigenvalue weighted by Gasteiger charge is -2.20. The first-order valence-corrected chi connectivity index (χ1v) is 7.49. The minimum Gasteiger partial charge on any atom is -0.497 e. The quantitative estimate of drug-likeness (QED) is 0.614. The highest BCUT2D eigenvalue weighted by Crippen LogP contribution is 2.24. The third kappa shape index (κ3) is 4.54. The number of non-ortho nitro benzene ring substituents is 1. The van der Waals surface area contributed by atoms with E-state index in [-0.39, 0.29) is 5.69 Å². The van der Waals surface area contributed by atoms with Crippen LogP contribution >= 0.6 is 0 Å². The molecule has 2 rings (SSSR count). The van der Waals surface area contributed by atoms with E-state index in [4.69, 9.17) is 4.74 Å². The summed E-state index contributed by atoms with van der Waals surface area (Å²) in [5, 5.41) is 32.4. The van der Waals surface area contributed by atoms with Crippen LogP contribution in [0, 0.1) is 38.7 Å². The summed E-state index contributed by atoms with van der Waals surface area (Å²) in [6, 6.07) is 16.6. The van der Waals surface area contributed by atoms with Crippen molar-refractivity contribution in [1.82, 2.24) is 5.32 Å². The Bertz CT molecular complexity index is 790. The lowest BCUT2D eigenvalue weighted by Crippen LogP contribution is -2.26. The summed E-state index contributed by atoms with van der Waals surface area (Å²) in [7, 11) is 1.59. The molecule has 7 heteroatoms. The first kappa shape index (κ1) is 17.9. The molecular weight excluding hydrogens is 320 g/mol. The van der Waals surface area contributed by atoms with Gasteiger partial charge in [-0.25, -0.2) is 0 Å². The molecule has 0 aliphatic carbocycles. The third-order valence-corrected chi connectivity index (χ3v) is 3.76. The van der Waals surface area contributed by atoms with Crippen molar-refractivity contribution in [3.05, 3.63) is 69.8 Å². The largest absolute Gasteiger partial charge is 0.497 e. The summed E-state index contributed by atoms with van der Waals surface area (Å²) in [4.78, 5) is 10.3. The van der Waals surface area contributed by atoms with Gasteiger partial charge >= 0.3 is 0 Å². The molecule has 0 aromatic heterocycles. The van der Waals surface area contributed by atoms with Crippen molar-refractivity contribution in [2.75, 3.05) is 7.11 Å². The maximum atomic E-state index is 10.8. The second-order valence-electron chi connectivity index (χ2n) is 5.29. The van der Waals surface area contributed by atoms with Crippen LogP contribution in [-0.4, -0.2) is 12.0 Å². The summed E-state index contributed by atoms with van der Waals surface area (Å²) in [6.45, 7) is 0.436. The Kier molecular flexibility index (Phi) is 6.05. The van der Waals surface area contributed by atoms with Gasteiger partial charge in [0.25, 0.3) is 5.69 Å². The van der Waals surface area contributed by atoms with Gasteiger partial charge in [0.15, 0.2) is 5.92 Å². The number of rotatable bonds is 7. The molecule has 0 amide bonds. The molecule has 1 N–H and O–H groups in total. The highest BCUT2D eigenvalue weighted by atomic mass is 16.6. The summed E-state index contributed by atoms with van der Waals surface area (Å²) >= 11 is 0. The van der Waals surface area contributed by atoms with Gasteiger partial charge in [-0.15, -0.1) is 0 Å². The number of nitro benzene ring substituents is 1. The number of hydrogen-bond acceptors (Lipinski definition) is 6. The maximum Gasteiger partial charge on any atom is 0.269 e. The van der Waals surface area contributed by atoms with Crippen LogP contribution in [0.15, 0.2) is 48.5 Å². The van der Waals surface area contributed by atoms with Crippen molar-refractivity contribution < 1.29 is 9.66 Å². The lowest BCUT2D eigenvalue weighted by molar-refractivity contribution is -0.384. The summed E-state index contributed by atoms with van der Waals surface area (Å²) < 4.78 is 5.11. The number of nitrogens with one attached hydrogen (secondary N) is 1. The van der Waals surface area contributed by atoms with Crippen LogP contribution in [0.3, 0.4) is 0 Å². The monoisotopic (exact) mass is 336 g/mol. The minimum atomic E-state index is -0.917. The number of methoxy groups -OCH3 is 1. The molecule has 0 bridgehead atoms. The van der Waals surface area contributed by atoms with Gasteiger partial charge in [0.05, 0.1) is 30.2 Å². The Balaban J connectivity index is 2.19. The Morgan fingerprint density at radius 2 is 1.72 bits per heavy atom. The zero-order valence-corrected chi connectivity index (χ0v) is 13.5. The molecule has 0 aliphatic heterocycles. The third-order valence-electron chi connectivity index (χ3n) is 3.76. The van der Waals surface area contributed by atoms with Gasteiger partial charge in [-0.3, -0.25) is 10.1 Å². The zero-order chi connectivity index (χ0) is 18.2. The highest BCUT2D eigenvalue weighted by Gasteiger charge is 2.23. The van der Waals surface area contributed by atoms with Crippen molar-refractivity contribution >= 4 is 5.69 Å². The van der Waals surface area contributed by atoms with Crippen LogP contribution in [0.1, 0.15) is 17.2 Å². The van der Waals surface area contributed by atoms with Crippen molar-refractivity contribution in [3.8, 4) is 17.9 Å². The van der Waals surface area contributed by atoms with Crippen LogP contribution in [0.25, 0.3) is 0 Å². The molecule has 0 heterocycles. The molecule has 0 radical (unpaired) electrons. The van der Waals surface area contributed by atoms with E-state index >= 15 is 0 Å². The van der Waals surface area contributed by atoms with E-state index in [0.29, 0.717) is 12.1 Å². The molecule has 0 saturated carbocycles. The number of hydrogen-bond donors (Lipinski definition) is 1. The second kappa shape index (κ2) is 8.44. The summed E-state index contributed by atoms with van der Waals surface area (Å²) in [6.07, 6.45) is 0. The molecule has 7 nitrogen and oxygen atoms in total. The number of nitriles is 2. The molecule has 0 aliphatic rings. The van der Waals surface area contributed by atoms with E-state index < -0.39 is 16.9 Å². The fourth-order valence-corrected chi connectivity index (χ4v) is 2.38. The molecular formula is C18H16N4O3. The van der Waals surface area contributed by atoms with Crippen LogP contribution < -0.4 is 10.1 Å². The predicted octanol–water partition coefficient (Wildman–Crippen LogP) is 3.10. The fraction of sp³-hybridized carbons (Fsp3) is 0.222. The molecule has 1 atom stereocenters. The van der Waals surface area contributed by atoms with Gasteiger partial charge in [-0.2, -0.15) is 10.5 Å². The van der Waals surface area contributed by atoms with Gasteiger partial charge in [-0.1, -0.05) is 24.3 Å². The summed E-state index contributed by atoms with van der Waals surface area (Å²) in [5.74, 6) is -0.178. The Labute approximate surface area is 145 Å². The van der Waals surface area contributed by atoms with Gasteiger partial charge in [-0.05, 0) is 23.3 Å². The van der Waals surface area contributed by atoms with Crippen LogP contribution in [-0.2, 0) is 6.54 Å². The molecule has 1 unspecified atom stereocenters. The molecule has 0 saturated heterocycles. The molecule has 126 valence electrons. The molecule has 25 heavy (non-hydrogen) atoms.